The van der Waals surface area contributed by atoms with E-state index in [4.69, 9.17) is 0 Å². The quantitative estimate of drug-likeness (QED) is 0.753. The molecule has 1 aliphatic heterocycles. The van der Waals surface area contributed by atoms with E-state index in [-0.39, 0.29) is 12.5 Å². The highest BCUT2D eigenvalue weighted by atomic mass is 32.1. The Kier molecular flexibility index (Phi) is 4.84. The van der Waals surface area contributed by atoms with Crippen LogP contribution in [0.25, 0.3) is 20.7 Å². The van der Waals surface area contributed by atoms with Gasteiger partial charge in [0.1, 0.15) is 17.0 Å². The molecule has 6 heteroatoms. The van der Waals surface area contributed by atoms with E-state index in [0.29, 0.717) is 6.04 Å². The molecule has 134 valence electrons. The van der Waals surface area contributed by atoms with Crippen molar-refractivity contribution in [3.05, 3.63) is 42.7 Å². The van der Waals surface area contributed by atoms with Crippen molar-refractivity contribution in [2.45, 2.75) is 32.2 Å². The van der Waals surface area contributed by atoms with Gasteiger partial charge in [-0.3, -0.25) is 4.79 Å². The zero-order valence-corrected chi connectivity index (χ0v) is 15.6. The van der Waals surface area contributed by atoms with E-state index in [1.54, 1.807) is 17.7 Å². The Labute approximate surface area is 157 Å². The Morgan fingerprint density at radius 3 is 2.92 bits per heavy atom. The number of hydrogen-bond donors (Lipinski definition) is 1. The van der Waals surface area contributed by atoms with Crippen LogP contribution >= 0.6 is 11.3 Å². The van der Waals surface area contributed by atoms with Crippen LogP contribution in [0.2, 0.25) is 0 Å². The summed E-state index contributed by atoms with van der Waals surface area (Å²) < 4.78 is 0. The summed E-state index contributed by atoms with van der Waals surface area (Å²) in [6.45, 7) is 3.26. The maximum Gasteiger partial charge on any atom is 0.242 e. The Hall–Kier alpha value is -2.47. The number of nitrogens with zero attached hydrogens (tertiary/aromatic N) is 3. The first-order chi connectivity index (χ1) is 12.7. The van der Waals surface area contributed by atoms with E-state index in [1.165, 1.54) is 12.0 Å². The van der Waals surface area contributed by atoms with Crippen LogP contribution in [0.3, 0.4) is 0 Å². The lowest BCUT2D eigenvalue weighted by Gasteiger charge is -2.33. The summed E-state index contributed by atoms with van der Waals surface area (Å²) in [6.07, 6.45) is 4.96. The lowest BCUT2D eigenvalue weighted by atomic mass is 10.0. The molecule has 1 atom stereocenters. The normalized spacial score (nSPS) is 17.4. The highest BCUT2D eigenvalue weighted by Crippen LogP contribution is 2.34. The zero-order valence-electron chi connectivity index (χ0n) is 14.8. The van der Waals surface area contributed by atoms with Crippen molar-refractivity contribution in [3.8, 4) is 10.4 Å². The van der Waals surface area contributed by atoms with Crippen molar-refractivity contribution < 1.29 is 4.79 Å². The molecule has 3 heterocycles. The van der Waals surface area contributed by atoms with Gasteiger partial charge in [-0.15, -0.1) is 11.3 Å². The molecule has 0 aliphatic carbocycles. The Balaban J connectivity index is 1.53. The number of piperidine rings is 1. The number of likely N-dealkylation sites (tertiary alicyclic amines) is 1. The monoisotopic (exact) mass is 366 g/mol. The average molecular weight is 366 g/mol. The van der Waals surface area contributed by atoms with Gasteiger partial charge < -0.3 is 10.2 Å². The number of rotatable bonds is 4. The van der Waals surface area contributed by atoms with Crippen LogP contribution in [0.1, 0.15) is 26.2 Å². The predicted molar refractivity (Wildman–Crippen MR) is 106 cm³/mol. The number of thiophene rings is 1. The molecule has 1 saturated heterocycles. The number of anilines is 1. The molecule has 2 aromatic heterocycles. The maximum atomic E-state index is 12.6. The third kappa shape index (κ3) is 3.42. The van der Waals surface area contributed by atoms with Gasteiger partial charge in [0.05, 0.1) is 11.9 Å². The van der Waals surface area contributed by atoms with Gasteiger partial charge in [0.2, 0.25) is 5.91 Å². The Morgan fingerprint density at radius 1 is 1.27 bits per heavy atom. The predicted octanol–water partition coefficient (Wildman–Crippen LogP) is 4.17. The van der Waals surface area contributed by atoms with E-state index in [2.05, 4.69) is 40.4 Å². The average Bonchev–Trinajstić information content (AvgIpc) is 3.12. The number of carbonyl (C=O) groups is 1. The molecule has 3 aromatic rings. The van der Waals surface area contributed by atoms with Gasteiger partial charge in [-0.1, -0.05) is 30.3 Å². The van der Waals surface area contributed by atoms with Crippen LogP contribution in [0, 0.1) is 0 Å². The van der Waals surface area contributed by atoms with E-state index in [1.807, 2.05) is 23.1 Å². The first kappa shape index (κ1) is 17.0. The largest absolute Gasteiger partial charge is 0.360 e. The molecule has 0 bridgehead atoms. The molecule has 1 N–H and O–H groups in total. The summed E-state index contributed by atoms with van der Waals surface area (Å²) in [6, 6.07) is 12.7. The fourth-order valence-electron chi connectivity index (χ4n) is 3.47. The number of benzene rings is 1. The summed E-state index contributed by atoms with van der Waals surface area (Å²) in [5, 5.41) is 4.20. The number of fused-ring (bicyclic) bond motifs is 1. The van der Waals surface area contributed by atoms with Crippen LogP contribution in [0.5, 0.6) is 0 Å². The molecule has 1 fully saturated rings. The molecule has 0 saturated carbocycles. The maximum absolute atomic E-state index is 12.6. The first-order valence-electron chi connectivity index (χ1n) is 9.05. The van der Waals surface area contributed by atoms with Gasteiger partial charge in [0, 0.05) is 17.5 Å². The van der Waals surface area contributed by atoms with Gasteiger partial charge in [-0.2, -0.15) is 0 Å². The summed E-state index contributed by atoms with van der Waals surface area (Å²) in [4.78, 5) is 25.4. The third-order valence-corrected chi connectivity index (χ3v) is 6.01. The molecule has 5 nitrogen and oxygen atoms in total. The fraction of sp³-hybridized carbons (Fsp3) is 0.350. The van der Waals surface area contributed by atoms with Crippen LogP contribution in [0.15, 0.2) is 42.7 Å². The number of hydrogen-bond acceptors (Lipinski definition) is 5. The minimum atomic E-state index is 0.141. The van der Waals surface area contributed by atoms with Gasteiger partial charge in [0.15, 0.2) is 0 Å². The van der Waals surface area contributed by atoms with Crippen LogP contribution in [-0.4, -0.2) is 39.9 Å². The molecular formula is C20H22N4OS. The third-order valence-electron chi connectivity index (χ3n) is 4.92. The van der Waals surface area contributed by atoms with Crippen molar-refractivity contribution in [2.75, 3.05) is 18.4 Å². The highest BCUT2D eigenvalue weighted by molar-refractivity contribution is 7.21. The molecule has 0 spiro atoms. The lowest BCUT2D eigenvalue weighted by Crippen LogP contribution is -2.44. The second kappa shape index (κ2) is 7.41. The lowest BCUT2D eigenvalue weighted by molar-refractivity contribution is -0.132. The van der Waals surface area contributed by atoms with E-state index >= 15 is 0 Å². The highest BCUT2D eigenvalue weighted by Gasteiger charge is 2.23. The topological polar surface area (TPSA) is 58.1 Å². The molecule has 26 heavy (non-hydrogen) atoms. The molecule has 1 aromatic carbocycles. The molecular weight excluding hydrogens is 344 g/mol. The van der Waals surface area contributed by atoms with Gasteiger partial charge in [-0.05, 0) is 37.8 Å². The van der Waals surface area contributed by atoms with Gasteiger partial charge >= 0.3 is 0 Å². The number of aromatic nitrogens is 2. The van der Waals surface area contributed by atoms with Crippen molar-refractivity contribution >= 4 is 33.3 Å². The minimum Gasteiger partial charge on any atom is -0.360 e. The summed E-state index contributed by atoms with van der Waals surface area (Å²) >= 11 is 1.64. The van der Waals surface area contributed by atoms with Gasteiger partial charge in [0.25, 0.3) is 0 Å². The second-order valence-corrected chi connectivity index (χ2v) is 7.73. The Morgan fingerprint density at radius 2 is 2.12 bits per heavy atom. The first-order valence-corrected chi connectivity index (χ1v) is 9.87. The minimum absolute atomic E-state index is 0.141. The molecule has 1 aliphatic rings. The standard InChI is InChI=1S/C20H22N4OS/c1-14-7-5-6-10-24(14)18(25)12-21-19-16-11-17(15-8-3-2-4-9-15)26-20(16)23-13-22-19/h2-4,8-9,11,13-14H,5-7,10,12H2,1H3,(H,21,22,23). The summed E-state index contributed by atoms with van der Waals surface area (Å²) in [5.74, 6) is 0.869. The SMILES string of the molecule is CC1CCCCN1C(=O)CNc1ncnc2sc(-c3ccccc3)cc12. The van der Waals surface area contributed by atoms with Crippen LogP contribution in [-0.2, 0) is 4.79 Å². The molecule has 4 rings (SSSR count). The van der Waals surface area contributed by atoms with Gasteiger partial charge in [-0.25, -0.2) is 9.97 Å². The van der Waals surface area contributed by atoms with Crippen molar-refractivity contribution in [2.24, 2.45) is 0 Å². The molecule has 0 radical (unpaired) electrons. The smallest absolute Gasteiger partial charge is 0.242 e. The van der Waals surface area contributed by atoms with Crippen LogP contribution in [0.4, 0.5) is 5.82 Å². The van der Waals surface area contributed by atoms with Crippen molar-refractivity contribution in [3.63, 3.8) is 0 Å². The van der Waals surface area contributed by atoms with E-state index < -0.39 is 0 Å². The number of amides is 1. The zero-order chi connectivity index (χ0) is 17.9. The van der Waals surface area contributed by atoms with Crippen molar-refractivity contribution in [1.82, 2.24) is 14.9 Å². The van der Waals surface area contributed by atoms with Crippen LogP contribution < -0.4 is 5.32 Å². The summed E-state index contributed by atoms with van der Waals surface area (Å²) in [5.41, 5.74) is 1.17. The fourth-order valence-corrected chi connectivity index (χ4v) is 4.48. The second-order valence-electron chi connectivity index (χ2n) is 6.70. The Bertz CT molecular complexity index is 909. The number of nitrogens with one attached hydrogen (secondary N) is 1. The summed E-state index contributed by atoms with van der Waals surface area (Å²) in [7, 11) is 0. The number of carbonyl (C=O) groups excluding carboxylic acids is 1. The molecule has 1 amide bonds. The van der Waals surface area contributed by atoms with E-state index in [0.717, 1.165) is 40.3 Å². The van der Waals surface area contributed by atoms with E-state index in [9.17, 15) is 4.79 Å². The molecule has 1 unspecified atom stereocenters. The van der Waals surface area contributed by atoms with Crippen molar-refractivity contribution in [1.29, 1.82) is 0 Å².